The average molecular weight is 727 g/mol. The zero-order valence-electron chi connectivity index (χ0n) is 30.9. The van der Waals surface area contributed by atoms with Crippen molar-refractivity contribution in [3.8, 4) is 44.8 Å². The molecule has 12 aromatic rings. The number of rotatable bonds is 5. The molecule has 12 rings (SSSR count). The fourth-order valence-electron chi connectivity index (χ4n) is 9.30. The predicted molar refractivity (Wildman–Crippen MR) is 239 cm³/mol. The van der Waals surface area contributed by atoms with E-state index in [1.54, 1.807) is 0 Å². The van der Waals surface area contributed by atoms with Crippen LogP contribution in [-0.4, -0.2) is 9.13 Å². The zero-order chi connectivity index (χ0) is 37.5. The first-order valence-corrected chi connectivity index (χ1v) is 19.5. The highest BCUT2D eigenvalue weighted by molar-refractivity contribution is 6.19. The van der Waals surface area contributed by atoms with Crippen LogP contribution in [0.2, 0.25) is 0 Å². The van der Waals surface area contributed by atoms with Crippen LogP contribution in [-0.2, 0) is 0 Å². The molecule has 0 fully saturated rings. The maximum absolute atomic E-state index is 6.80. The summed E-state index contributed by atoms with van der Waals surface area (Å²) >= 11 is 0. The lowest BCUT2D eigenvalue weighted by Crippen LogP contribution is -1.97. The van der Waals surface area contributed by atoms with Gasteiger partial charge in [-0.1, -0.05) is 158 Å². The Balaban J connectivity index is 1.10. The number of nitrogens with zero attached hydrogens (tertiary/aromatic N) is 2. The van der Waals surface area contributed by atoms with E-state index in [1.807, 2.05) is 0 Å². The van der Waals surface area contributed by atoms with Crippen LogP contribution in [0.1, 0.15) is 0 Å². The summed E-state index contributed by atoms with van der Waals surface area (Å²) in [5.41, 5.74) is 15.8. The fourth-order valence-corrected chi connectivity index (χ4v) is 9.30. The number of para-hydroxylation sites is 4. The van der Waals surface area contributed by atoms with Crippen molar-refractivity contribution in [1.82, 2.24) is 9.13 Å². The van der Waals surface area contributed by atoms with E-state index in [2.05, 4.69) is 215 Å². The topological polar surface area (TPSA) is 23.0 Å². The van der Waals surface area contributed by atoms with E-state index in [4.69, 9.17) is 4.42 Å². The second kappa shape index (κ2) is 12.5. The van der Waals surface area contributed by atoms with Crippen LogP contribution < -0.4 is 0 Å². The van der Waals surface area contributed by atoms with Crippen LogP contribution in [0.5, 0.6) is 0 Å². The molecule has 266 valence electrons. The largest absolute Gasteiger partial charge is 0.454 e. The summed E-state index contributed by atoms with van der Waals surface area (Å²) in [4.78, 5) is 0. The third kappa shape index (κ3) is 4.73. The summed E-state index contributed by atoms with van der Waals surface area (Å²) in [6.07, 6.45) is 0. The molecule has 3 heterocycles. The van der Waals surface area contributed by atoms with E-state index in [0.29, 0.717) is 0 Å². The first kappa shape index (κ1) is 31.7. The second-order valence-electron chi connectivity index (χ2n) is 14.8. The molecule has 9 aromatic carbocycles. The van der Waals surface area contributed by atoms with Crippen LogP contribution in [0.25, 0.3) is 110 Å². The van der Waals surface area contributed by atoms with Gasteiger partial charge in [-0.05, 0) is 76.3 Å². The van der Waals surface area contributed by atoms with Crippen LogP contribution >= 0.6 is 0 Å². The van der Waals surface area contributed by atoms with Crippen LogP contribution in [0.3, 0.4) is 0 Å². The van der Waals surface area contributed by atoms with Crippen molar-refractivity contribution in [3.05, 3.63) is 206 Å². The number of aromatic nitrogens is 2. The van der Waals surface area contributed by atoms with Gasteiger partial charge in [0.05, 0.1) is 33.4 Å². The SMILES string of the molecule is c1ccc(-c2ccccc2-n2c3ccccc3c3c(-c4ccc5c(c4)c4ccccc4n5-c4ccc(-c5ccccc5)c5c4oc4ccccc45)cccc32)cc1. The summed E-state index contributed by atoms with van der Waals surface area (Å²) < 4.78 is 11.6. The Morgan fingerprint density at radius 3 is 1.67 bits per heavy atom. The fraction of sp³-hybridized carbons (Fsp3) is 0. The minimum Gasteiger partial charge on any atom is -0.454 e. The van der Waals surface area contributed by atoms with Gasteiger partial charge in [-0.3, -0.25) is 0 Å². The van der Waals surface area contributed by atoms with Crippen LogP contribution in [0, 0.1) is 0 Å². The molecule has 0 unspecified atom stereocenters. The highest BCUT2D eigenvalue weighted by Crippen LogP contribution is 2.45. The Hall–Kier alpha value is -7.62. The molecular formula is C54H34N2O. The highest BCUT2D eigenvalue weighted by atomic mass is 16.3. The third-order valence-electron chi connectivity index (χ3n) is 11.7. The standard InChI is InChI=1S/C54H34N2O/c1-3-16-35(17-4-1)38-20-7-11-25-45(38)55-47-27-13-9-22-42(47)52-39(24-15-28-49(52)55)37-30-32-48-44(34-37)41-21-8-12-26-46(41)56(48)50-33-31-40(36-18-5-2-6-19-36)53-43-23-10-14-29-51(43)57-54(50)53/h1-34H. The zero-order valence-corrected chi connectivity index (χ0v) is 30.9. The average Bonchev–Trinajstić information content (AvgIpc) is 3.95. The molecule has 0 radical (unpaired) electrons. The van der Waals surface area contributed by atoms with E-state index in [-0.39, 0.29) is 0 Å². The molecule has 0 bridgehead atoms. The van der Waals surface area contributed by atoms with E-state index in [0.717, 1.165) is 38.7 Å². The van der Waals surface area contributed by atoms with E-state index >= 15 is 0 Å². The maximum Gasteiger partial charge on any atom is 0.160 e. The Bertz CT molecular complexity index is 3510. The number of benzene rings is 9. The van der Waals surface area contributed by atoms with E-state index in [9.17, 15) is 0 Å². The smallest absolute Gasteiger partial charge is 0.160 e. The summed E-state index contributed by atoms with van der Waals surface area (Å²) in [6.45, 7) is 0. The Kier molecular flexibility index (Phi) is 6.93. The van der Waals surface area contributed by atoms with Crippen molar-refractivity contribution < 1.29 is 4.42 Å². The first-order chi connectivity index (χ1) is 28.3. The van der Waals surface area contributed by atoms with Crippen molar-refractivity contribution in [2.45, 2.75) is 0 Å². The van der Waals surface area contributed by atoms with Gasteiger partial charge >= 0.3 is 0 Å². The van der Waals surface area contributed by atoms with Crippen molar-refractivity contribution in [2.24, 2.45) is 0 Å². The Morgan fingerprint density at radius 1 is 0.298 bits per heavy atom. The van der Waals surface area contributed by atoms with Crippen LogP contribution in [0.15, 0.2) is 211 Å². The number of hydrogen-bond acceptors (Lipinski definition) is 1. The normalized spacial score (nSPS) is 11.9. The van der Waals surface area contributed by atoms with Gasteiger partial charge in [-0.25, -0.2) is 0 Å². The quantitative estimate of drug-likeness (QED) is 0.173. The molecule has 3 heteroatoms. The minimum atomic E-state index is 0.887. The molecule has 0 aliphatic carbocycles. The molecule has 0 spiro atoms. The van der Waals surface area contributed by atoms with Gasteiger partial charge in [0, 0.05) is 37.9 Å². The molecule has 0 N–H and O–H groups in total. The monoisotopic (exact) mass is 726 g/mol. The molecule has 57 heavy (non-hydrogen) atoms. The summed E-state index contributed by atoms with van der Waals surface area (Å²) in [5, 5.41) is 7.15. The molecule has 3 nitrogen and oxygen atoms in total. The van der Waals surface area contributed by atoms with Gasteiger partial charge in [-0.15, -0.1) is 0 Å². The molecule has 0 saturated carbocycles. The minimum absolute atomic E-state index is 0.887. The first-order valence-electron chi connectivity index (χ1n) is 19.5. The molecule has 0 amide bonds. The van der Waals surface area contributed by atoms with Crippen molar-refractivity contribution >= 4 is 65.6 Å². The molecule has 0 saturated heterocycles. The molecule has 3 aromatic heterocycles. The Labute approximate surface area is 328 Å². The van der Waals surface area contributed by atoms with Gasteiger partial charge in [0.25, 0.3) is 0 Å². The van der Waals surface area contributed by atoms with Gasteiger partial charge < -0.3 is 13.6 Å². The number of hydrogen-bond donors (Lipinski definition) is 0. The lowest BCUT2D eigenvalue weighted by atomic mass is 9.97. The van der Waals surface area contributed by atoms with E-state index in [1.165, 1.54) is 71.6 Å². The summed E-state index contributed by atoms with van der Waals surface area (Å²) in [6, 6.07) is 74.3. The van der Waals surface area contributed by atoms with Gasteiger partial charge in [0.15, 0.2) is 5.58 Å². The van der Waals surface area contributed by atoms with Crippen molar-refractivity contribution in [2.75, 3.05) is 0 Å². The molecule has 0 aliphatic heterocycles. The molecule has 0 aliphatic rings. The van der Waals surface area contributed by atoms with Crippen molar-refractivity contribution in [3.63, 3.8) is 0 Å². The molecule has 0 atom stereocenters. The lowest BCUT2D eigenvalue weighted by molar-refractivity contribution is 0.666. The predicted octanol–water partition coefficient (Wildman–Crippen LogP) is 14.8. The van der Waals surface area contributed by atoms with Crippen molar-refractivity contribution in [1.29, 1.82) is 0 Å². The Morgan fingerprint density at radius 2 is 0.860 bits per heavy atom. The van der Waals surface area contributed by atoms with Crippen LogP contribution in [0.4, 0.5) is 0 Å². The van der Waals surface area contributed by atoms with Gasteiger partial charge in [0.1, 0.15) is 5.58 Å². The highest BCUT2D eigenvalue weighted by Gasteiger charge is 2.22. The van der Waals surface area contributed by atoms with Gasteiger partial charge in [0.2, 0.25) is 0 Å². The number of fused-ring (bicyclic) bond motifs is 9. The second-order valence-corrected chi connectivity index (χ2v) is 14.8. The number of furan rings is 1. The molecular weight excluding hydrogens is 693 g/mol. The van der Waals surface area contributed by atoms with E-state index < -0.39 is 0 Å². The maximum atomic E-state index is 6.80. The third-order valence-corrected chi connectivity index (χ3v) is 11.7. The lowest BCUT2D eigenvalue weighted by Gasteiger charge is -2.14. The summed E-state index contributed by atoms with van der Waals surface area (Å²) in [5.74, 6) is 0. The summed E-state index contributed by atoms with van der Waals surface area (Å²) in [7, 11) is 0. The van der Waals surface area contributed by atoms with Gasteiger partial charge in [-0.2, -0.15) is 0 Å².